The summed E-state index contributed by atoms with van der Waals surface area (Å²) in [7, 11) is 1.89. The van der Waals surface area contributed by atoms with Crippen LogP contribution in [0.4, 0.5) is 0 Å². The molecular weight excluding hydrogens is 351 g/mol. The third-order valence-electron chi connectivity index (χ3n) is 2.99. The lowest BCUT2D eigenvalue weighted by Gasteiger charge is -2.23. The summed E-state index contributed by atoms with van der Waals surface area (Å²) >= 11 is 2.24. The van der Waals surface area contributed by atoms with E-state index in [0.717, 1.165) is 28.6 Å². The molecule has 1 fully saturated rings. The fraction of sp³-hybridized carbons (Fsp3) is 0.417. The summed E-state index contributed by atoms with van der Waals surface area (Å²) in [4.78, 5) is 14.0. The normalized spacial score (nSPS) is 18.6. The van der Waals surface area contributed by atoms with E-state index in [0.29, 0.717) is 6.04 Å². The van der Waals surface area contributed by atoms with Crippen molar-refractivity contribution in [1.82, 2.24) is 10.2 Å². The molecule has 5 heteroatoms. The molecule has 0 saturated carbocycles. The van der Waals surface area contributed by atoms with Crippen molar-refractivity contribution in [3.8, 4) is 0 Å². The highest BCUT2D eigenvalue weighted by molar-refractivity contribution is 14.1. The maximum Gasteiger partial charge on any atom is 0.253 e. The lowest BCUT2D eigenvalue weighted by Crippen LogP contribution is -2.38. The molecule has 1 aromatic carbocycles. The van der Waals surface area contributed by atoms with E-state index in [9.17, 15) is 4.79 Å². The Morgan fingerprint density at radius 2 is 2.06 bits per heavy atom. The Morgan fingerprint density at radius 3 is 2.59 bits per heavy atom. The maximum atomic E-state index is 12.1. The summed E-state index contributed by atoms with van der Waals surface area (Å²) in [6.45, 7) is 1.92. The van der Waals surface area contributed by atoms with Crippen LogP contribution in [0.25, 0.3) is 0 Å². The summed E-state index contributed by atoms with van der Waals surface area (Å²) in [5, 5.41) is 3.27. The molecule has 1 N–H and O–H groups in total. The van der Waals surface area contributed by atoms with Gasteiger partial charge in [0.05, 0.1) is 0 Å². The van der Waals surface area contributed by atoms with E-state index in [1.165, 1.54) is 0 Å². The van der Waals surface area contributed by atoms with E-state index in [2.05, 4.69) is 27.9 Å². The van der Waals surface area contributed by atoms with E-state index in [1.807, 2.05) is 36.2 Å². The van der Waals surface area contributed by atoms with E-state index < -0.39 is 0 Å². The Hall–Kier alpha value is -0.330. The largest absolute Gasteiger partial charge is 0.337 e. The number of hydrogen-bond acceptors (Lipinski definition) is 2. The van der Waals surface area contributed by atoms with Crippen LogP contribution in [0.15, 0.2) is 24.3 Å². The van der Waals surface area contributed by atoms with Crippen LogP contribution in [0.3, 0.4) is 0 Å². The Labute approximate surface area is 122 Å². The number of benzene rings is 1. The highest BCUT2D eigenvalue weighted by Crippen LogP contribution is 2.13. The van der Waals surface area contributed by atoms with Crippen LogP contribution >= 0.6 is 35.0 Å². The van der Waals surface area contributed by atoms with Crippen molar-refractivity contribution in [3.63, 3.8) is 0 Å². The number of carbonyl (C=O) groups is 1. The molecule has 17 heavy (non-hydrogen) atoms. The second-order valence-electron chi connectivity index (χ2n) is 4.07. The summed E-state index contributed by atoms with van der Waals surface area (Å²) in [5.74, 6) is 0.116. The number of amides is 1. The van der Waals surface area contributed by atoms with Crippen LogP contribution in [0.1, 0.15) is 16.8 Å². The topological polar surface area (TPSA) is 32.3 Å². The monoisotopic (exact) mass is 366 g/mol. The van der Waals surface area contributed by atoms with Gasteiger partial charge in [-0.05, 0) is 59.8 Å². The molecule has 1 aromatic rings. The Balaban J connectivity index is 0.00000144. The third-order valence-corrected chi connectivity index (χ3v) is 3.71. The molecule has 0 aromatic heterocycles. The molecule has 2 rings (SSSR count). The van der Waals surface area contributed by atoms with Crippen LogP contribution in [0.2, 0.25) is 0 Å². The zero-order chi connectivity index (χ0) is 11.5. The van der Waals surface area contributed by atoms with Gasteiger partial charge in [0.15, 0.2) is 0 Å². The molecule has 0 radical (unpaired) electrons. The second kappa shape index (κ2) is 6.56. The number of likely N-dealkylation sites (N-methyl/N-ethyl adjacent to an activating group) is 1. The Bertz CT molecular complexity index is 377. The molecule has 94 valence electrons. The number of nitrogens with one attached hydrogen (secondary N) is 1. The van der Waals surface area contributed by atoms with Crippen molar-refractivity contribution >= 4 is 40.9 Å². The summed E-state index contributed by atoms with van der Waals surface area (Å²) in [6.07, 6.45) is 1.05. The molecule has 1 saturated heterocycles. The van der Waals surface area contributed by atoms with E-state index in [1.54, 1.807) is 0 Å². The molecule has 0 spiro atoms. The lowest BCUT2D eigenvalue weighted by molar-refractivity contribution is 0.0744. The van der Waals surface area contributed by atoms with Gasteiger partial charge in [0, 0.05) is 28.8 Å². The van der Waals surface area contributed by atoms with Crippen molar-refractivity contribution in [2.75, 3.05) is 20.1 Å². The van der Waals surface area contributed by atoms with Crippen molar-refractivity contribution < 1.29 is 4.79 Å². The predicted octanol–water partition coefficient (Wildman–Crippen LogP) is 2.15. The average molecular weight is 367 g/mol. The Morgan fingerprint density at radius 1 is 1.41 bits per heavy atom. The van der Waals surface area contributed by atoms with Gasteiger partial charge in [0.1, 0.15) is 0 Å². The van der Waals surface area contributed by atoms with Gasteiger partial charge < -0.3 is 10.2 Å². The van der Waals surface area contributed by atoms with E-state index >= 15 is 0 Å². The van der Waals surface area contributed by atoms with E-state index in [4.69, 9.17) is 0 Å². The van der Waals surface area contributed by atoms with Gasteiger partial charge in [-0.25, -0.2) is 0 Å². The molecule has 0 aliphatic carbocycles. The van der Waals surface area contributed by atoms with E-state index in [-0.39, 0.29) is 18.3 Å². The molecule has 1 amide bonds. The van der Waals surface area contributed by atoms with Gasteiger partial charge in [-0.1, -0.05) is 0 Å². The first kappa shape index (κ1) is 14.7. The average Bonchev–Trinajstić information content (AvgIpc) is 2.81. The molecule has 0 bridgehead atoms. The highest BCUT2D eigenvalue weighted by atomic mass is 127. The van der Waals surface area contributed by atoms with Crippen molar-refractivity contribution in [3.05, 3.63) is 33.4 Å². The van der Waals surface area contributed by atoms with Crippen molar-refractivity contribution in [1.29, 1.82) is 0 Å². The summed E-state index contributed by atoms with van der Waals surface area (Å²) in [6, 6.07) is 8.06. The first-order valence-corrected chi connectivity index (χ1v) is 6.50. The van der Waals surface area contributed by atoms with Crippen LogP contribution in [-0.4, -0.2) is 37.0 Å². The van der Waals surface area contributed by atoms with Gasteiger partial charge >= 0.3 is 0 Å². The predicted molar refractivity (Wildman–Crippen MR) is 79.8 cm³/mol. The number of nitrogens with zero attached hydrogens (tertiary/aromatic N) is 1. The molecule has 1 heterocycles. The summed E-state index contributed by atoms with van der Waals surface area (Å²) < 4.78 is 1.15. The first-order valence-electron chi connectivity index (χ1n) is 5.42. The van der Waals surface area contributed by atoms with Crippen LogP contribution < -0.4 is 5.32 Å². The maximum absolute atomic E-state index is 12.1. The van der Waals surface area contributed by atoms with Crippen LogP contribution in [0.5, 0.6) is 0 Å². The first-order chi connectivity index (χ1) is 7.68. The van der Waals surface area contributed by atoms with Gasteiger partial charge in [-0.15, -0.1) is 12.4 Å². The van der Waals surface area contributed by atoms with Gasteiger partial charge in [-0.3, -0.25) is 4.79 Å². The Kier molecular flexibility index (Phi) is 5.69. The van der Waals surface area contributed by atoms with Gasteiger partial charge in [0.25, 0.3) is 5.91 Å². The quantitative estimate of drug-likeness (QED) is 0.814. The molecule has 1 aliphatic heterocycles. The number of halogens is 2. The van der Waals surface area contributed by atoms with Crippen LogP contribution in [0, 0.1) is 3.57 Å². The molecule has 3 nitrogen and oxygen atoms in total. The van der Waals surface area contributed by atoms with Crippen molar-refractivity contribution in [2.24, 2.45) is 0 Å². The fourth-order valence-corrected chi connectivity index (χ4v) is 2.29. The minimum Gasteiger partial charge on any atom is -0.337 e. The molecule has 1 atom stereocenters. The van der Waals surface area contributed by atoms with Crippen LogP contribution in [-0.2, 0) is 0 Å². The molecule has 1 unspecified atom stereocenters. The fourth-order valence-electron chi connectivity index (χ4n) is 1.93. The standard InChI is InChI=1S/C12H15IN2O.ClH/c1-15(11-6-7-14-8-11)12(16)9-2-4-10(13)5-3-9;/h2-5,11,14H,6-8H2,1H3;1H. The molecule has 1 aliphatic rings. The minimum atomic E-state index is 0. The zero-order valence-corrected chi connectivity index (χ0v) is 12.6. The molecular formula is C12H16ClIN2O. The van der Waals surface area contributed by atoms with Crippen molar-refractivity contribution in [2.45, 2.75) is 12.5 Å². The number of carbonyl (C=O) groups excluding carboxylic acids is 1. The van der Waals surface area contributed by atoms with Gasteiger partial charge in [-0.2, -0.15) is 0 Å². The zero-order valence-electron chi connectivity index (χ0n) is 9.65. The number of hydrogen-bond donors (Lipinski definition) is 1. The number of rotatable bonds is 2. The third kappa shape index (κ3) is 3.56. The summed E-state index contributed by atoms with van der Waals surface area (Å²) in [5.41, 5.74) is 0.773. The minimum absolute atomic E-state index is 0. The van der Waals surface area contributed by atoms with Gasteiger partial charge in [0.2, 0.25) is 0 Å². The lowest BCUT2D eigenvalue weighted by atomic mass is 10.1. The second-order valence-corrected chi connectivity index (χ2v) is 5.32. The SMILES string of the molecule is CN(C(=O)c1ccc(I)cc1)C1CCNC1.Cl. The highest BCUT2D eigenvalue weighted by Gasteiger charge is 2.23. The smallest absolute Gasteiger partial charge is 0.253 e.